The lowest BCUT2D eigenvalue weighted by Crippen LogP contribution is -2.38. The Balaban J connectivity index is 1.65. The summed E-state index contributed by atoms with van der Waals surface area (Å²) in [6, 6.07) is 0. The summed E-state index contributed by atoms with van der Waals surface area (Å²) in [5, 5.41) is 9.63. The minimum absolute atomic E-state index is 0.434. The maximum Gasteiger partial charge on any atom is 0.258 e. The predicted octanol–water partition coefficient (Wildman–Crippen LogP) is 0.856. The van der Waals surface area contributed by atoms with Crippen molar-refractivity contribution in [1.82, 2.24) is 39.5 Å². The van der Waals surface area contributed by atoms with Crippen LogP contribution in [-0.4, -0.2) is 79.9 Å². The van der Waals surface area contributed by atoms with Gasteiger partial charge < -0.3 is 14.5 Å². The van der Waals surface area contributed by atoms with E-state index in [9.17, 15) is 0 Å². The smallest absolute Gasteiger partial charge is 0.258 e. The number of hydrogen-bond acceptors (Lipinski definition) is 10. The fourth-order valence-electron chi connectivity index (χ4n) is 2.93. The molecule has 0 saturated carbocycles. The van der Waals surface area contributed by atoms with Crippen molar-refractivity contribution in [2.24, 2.45) is 7.05 Å². The highest BCUT2D eigenvalue weighted by Crippen LogP contribution is 2.30. The molecule has 29 heavy (non-hydrogen) atoms. The first-order valence-electron chi connectivity index (χ1n) is 9.28. The minimum Gasteiger partial charge on any atom is -0.378 e. The molecule has 0 radical (unpaired) electrons. The van der Waals surface area contributed by atoms with Crippen molar-refractivity contribution in [2.75, 3.05) is 50.2 Å². The van der Waals surface area contributed by atoms with Gasteiger partial charge in [0.05, 0.1) is 23.8 Å². The lowest BCUT2D eigenvalue weighted by atomic mass is 10.4. The summed E-state index contributed by atoms with van der Waals surface area (Å²) in [5.74, 6) is 1.62. The van der Waals surface area contributed by atoms with Gasteiger partial charge in [0.25, 0.3) is 5.95 Å². The van der Waals surface area contributed by atoms with Gasteiger partial charge in [0, 0.05) is 39.9 Å². The first-order chi connectivity index (χ1) is 13.9. The van der Waals surface area contributed by atoms with E-state index in [0.717, 1.165) is 29.4 Å². The summed E-state index contributed by atoms with van der Waals surface area (Å²) >= 11 is 1.49. The van der Waals surface area contributed by atoms with Crippen molar-refractivity contribution in [2.45, 2.75) is 23.9 Å². The lowest BCUT2D eigenvalue weighted by Gasteiger charge is -2.27. The van der Waals surface area contributed by atoms with E-state index < -0.39 is 0 Å². The third-order valence-electron chi connectivity index (χ3n) is 4.61. The molecule has 0 aromatic carbocycles. The van der Waals surface area contributed by atoms with Crippen LogP contribution in [0.2, 0.25) is 0 Å². The molecule has 3 aromatic rings. The zero-order valence-corrected chi connectivity index (χ0v) is 18.0. The predicted molar refractivity (Wildman–Crippen MR) is 109 cm³/mol. The standard InChI is InChI=1S/C17H24N10OS/c1-11-13(12(2)25(5)22-11)29-17-18-10-27(23-17)16-20-14(24(3)4)19-15(21-16)26-6-8-28-9-7-26/h10H,6-9H2,1-5H3. The molecule has 1 aliphatic heterocycles. The zero-order chi connectivity index (χ0) is 20.5. The lowest BCUT2D eigenvalue weighted by molar-refractivity contribution is 0.122. The van der Waals surface area contributed by atoms with Crippen LogP contribution < -0.4 is 9.80 Å². The van der Waals surface area contributed by atoms with E-state index in [-0.39, 0.29) is 0 Å². The number of morpholine rings is 1. The molecule has 0 aliphatic carbocycles. The number of nitrogens with zero attached hydrogens (tertiary/aromatic N) is 10. The van der Waals surface area contributed by atoms with E-state index in [1.54, 1.807) is 11.0 Å². The summed E-state index contributed by atoms with van der Waals surface area (Å²) in [4.78, 5) is 23.2. The Morgan fingerprint density at radius 3 is 2.41 bits per heavy atom. The minimum atomic E-state index is 0.434. The van der Waals surface area contributed by atoms with Crippen molar-refractivity contribution in [3.63, 3.8) is 0 Å². The third-order valence-corrected chi connectivity index (χ3v) is 5.77. The van der Waals surface area contributed by atoms with E-state index in [2.05, 4.69) is 35.0 Å². The van der Waals surface area contributed by atoms with Crippen molar-refractivity contribution < 1.29 is 4.74 Å². The molecule has 4 heterocycles. The van der Waals surface area contributed by atoms with Gasteiger partial charge >= 0.3 is 0 Å². The average Bonchev–Trinajstić information content (AvgIpc) is 3.29. The Morgan fingerprint density at radius 1 is 1.03 bits per heavy atom. The fourth-order valence-corrected chi connectivity index (χ4v) is 3.81. The summed E-state index contributed by atoms with van der Waals surface area (Å²) in [6.07, 6.45) is 1.63. The topological polar surface area (TPSA) is 103 Å². The molecular weight excluding hydrogens is 392 g/mol. The third kappa shape index (κ3) is 4.03. The molecule has 0 N–H and O–H groups in total. The summed E-state index contributed by atoms with van der Waals surface area (Å²) in [6.45, 7) is 6.82. The maximum atomic E-state index is 5.43. The quantitative estimate of drug-likeness (QED) is 0.595. The molecule has 11 nitrogen and oxygen atoms in total. The molecule has 0 amide bonds. The first-order valence-corrected chi connectivity index (χ1v) is 10.1. The van der Waals surface area contributed by atoms with Gasteiger partial charge in [-0.15, -0.1) is 5.10 Å². The average molecular weight is 417 g/mol. The second-order valence-corrected chi connectivity index (χ2v) is 7.90. The number of anilines is 2. The van der Waals surface area contributed by atoms with E-state index >= 15 is 0 Å². The van der Waals surface area contributed by atoms with Crippen molar-refractivity contribution in [3.05, 3.63) is 17.7 Å². The van der Waals surface area contributed by atoms with Crippen LogP contribution in [0.3, 0.4) is 0 Å². The maximum absolute atomic E-state index is 5.43. The number of hydrogen-bond donors (Lipinski definition) is 0. The van der Waals surface area contributed by atoms with E-state index in [0.29, 0.717) is 36.2 Å². The molecule has 1 aliphatic rings. The van der Waals surface area contributed by atoms with Crippen LogP contribution in [-0.2, 0) is 11.8 Å². The normalized spacial score (nSPS) is 14.4. The molecule has 1 saturated heterocycles. The first kappa shape index (κ1) is 19.6. The van der Waals surface area contributed by atoms with Gasteiger partial charge in [0.1, 0.15) is 6.33 Å². The highest BCUT2D eigenvalue weighted by molar-refractivity contribution is 7.99. The van der Waals surface area contributed by atoms with E-state index in [1.165, 1.54) is 11.8 Å². The van der Waals surface area contributed by atoms with Crippen LogP contribution in [0.25, 0.3) is 5.95 Å². The molecule has 0 unspecified atom stereocenters. The van der Waals surface area contributed by atoms with Gasteiger partial charge in [0.15, 0.2) is 0 Å². The second-order valence-electron chi connectivity index (χ2n) is 6.93. The highest BCUT2D eigenvalue weighted by atomic mass is 32.2. The molecule has 12 heteroatoms. The Labute approximate surface area is 173 Å². The van der Waals surface area contributed by atoms with Crippen LogP contribution in [0.4, 0.5) is 11.9 Å². The van der Waals surface area contributed by atoms with Crippen LogP contribution in [0.15, 0.2) is 16.4 Å². The van der Waals surface area contributed by atoms with Gasteiger partial charge in [-0.25, -0.2) is 4.98 Å². The molecule has 3 aromatic heterocycles. The molecule has 1 fully saturated rings. The van der Waals surface area contributed by atoms with E-state index in [4.69, 9.17) is 4.74 Å². The Morgan fingerprint density at radius 2 is 1.76 bits per heavy atom. The van der Waals surface area contributed by atoms with Crippen LogP contribution >= 0.6 is 11.8 Å². The van der Waals surface area contributed by atoms with Gasteiger partial charge in [-0.2, -0.15) is 24.7 Å². The molecule has 154 valence electrons. The largest absolute Gasteiger partial charge is 0.378 e. The monoisotopic (exact) mass is 416 g/mol. The molecule has 0 bridgehead atoms. The summed E-state index contributed by atoms with van der Waals surface area (Å²) in [5.41, 5.74) is 2.03. The highest BCUT2D eigenvalue weighted by Gasteiger charge is 2.19. The Kier molecular flexibility index (Phi) is 5.37. The Hall–Kier alpha value is -2.73. The van der Waals surface area contributed by atoms with Gasteiger partial charge in [0.2, 0.25) is 17.1 Å². The SMILES string of the molecule is Cc1nn(C)c(C)c1Sc1ncn(-c2nc(N(C)C)nc(N3CCOCC3)n2)n1. The van der Waals surface area contributed by atoms with Gasteiger partial charge in [-0.3, -0.25) is 4.68 Å². The number of rotatable bonds is 5. The number of ether oxygens (including phenoxy) is 1. The summed E-state index contributed by atoms with van der Waals surface area (Å²) < 4.78 is 8.88. The zero-order valence-electron chi connectivity index (χ0n) is 17.2. The fraction of sp³-hybridized carbons (Fsp3) is 0.529. The van der Waals surface area contributed by atoms with Crippen molar-refractivity contribution in [3.8, 4) is 5.95 Å². The van der Waals surface area contributed by atoms with Crippen molar-refractivity contribution >= 4 is 23.7 Å². The van der Waals surface area contributed by atoms with Crippen LogP contribution in [0, 0.1) is 13.8 Å². The Bertz CT molecular complexity index is 1010. The van der Waals surface area contributed by atoms with Gasteiger partial charge in [-0.1, -0.05) is 0 Å². The number of aromatic nitrogens is 8. The van der Waals surface area contributed by atoms with Gasteiger partial charge in [-0.05, 0) is 25.6 Å². The molecule has 0 spiro atoms. The molecular formula is C17H24N10OS. The molecule has 0 atom stereocenters. The number of aryl methyl sites for hydroxylation is 2. The van der Waals surface area contributed by atoms with E-state index in [1.807, 2.05) is 44.6 Å². The summed E-state index contributed by atoms with van der Waals surface area (Å²) in [7, 11) is 5.73. The van der Waals surface area contributed by atoms with Crippen LogP contribution in [0.5, 0.6) is 0 Å². The molecule has 4 rings (SSSR count). The second kappa shape index (κ2) is 7.95. The van der Waals surface area contributed by atoms with Crippen LogP contribution in [0.1, 0.15) is 11.4 Å². The van der Waals surface area contributed by atoms with Crippen molar-refractivity contribution in [1.29, 1.82) is 0 Å².